The van der Waals surface area contributed by atoms with Crippen molar-refractivity contribution >= 4 is 11.6 Å². The molecule has 7 heteroatoms. The topological polar surface area (TPSA) is 84.7 Å². The smallest absolute Gasteiger partial charge is 0.273 e. The third-order valence-corrected chi connectivity index (χ3v) is 3.11. The molecule has 1 amide bonds. The predicted molar refractivity (Wildman–Crippen MR) is 72.6 cm³/mol. The number of non-ortho nitro benzene ring substituents is 1. The number of benzene rings is 1. The summed E-state index contributed by atoms with van der Waals surface area (Å²) in [6.45, 7) is 3.98. The maximum atomic E-state index is 12.0. The summed E-state index contributed by atoms with van der Waals surface area (Å²) >= 11 is 0. The van der Waals surface area contributed by atoms with Crippen molar-refractivity contribution in [2.24, 2.45) is 0 Å². The molecule has 0 aromatic heterocycles. The largest absolute Gasteiger partial charge is 0.484 e. The summed E-state index contributed by atoms with van der Waals surface area (Å²) in [7, 11) is 0. The molecule has 2 rings (SSSR count). The number of nitrogens with one attached hydrogen (secondary N) is 1. The first-order chi connectivity index (χ1) is 9.56. The van der Waals surface area contributed by atoms with E-state index in [1.54, 1.807) is 11.0 Å². The lowest BCUT2D eigenvalue weighted by molar-refractivity contribution is -0.384. The molecular formula is C13H17N3O4. The van der Waals surface area contributed by atoms with Gasteiger partial charge in [0.05, 0.1) is 11.0 Å². The minimum Gasteiger partial charge on any atom is -0.484 e. The molecule has 1 aliphatic rings. The van der Waals surface area contributed by atoms with Crippen molar-refractivity contribution in [3.05, 3.63) is 34.4 Å². The van der Waals surface area contributed by atoms with E-state index in [9.17, 15) is 14.9 Å². The molecule has 1 aromatic rings. The second-order valence-electron chi connectivity index (χ2n) is 4.74. The molecule has 1 aromatic carbocycles. The van der Waals surface area contributed by atoms with Gasteiger partial charge in [0.2, 0.25) is 0 Å². The first kappa shape index (κ1) is 14.3. The monoisotopic (exact) mass is 279 g/mol. The number of nitro benzene ring substituents is 1. The highest BCUT2D eigenvalue weighted by atomic mass is 16.6. The minimum atomic E-state index is -0.493. The van der Waals surface area contributed by atoms with Crippen LogP contribution in [-0.2, 0) is 4.79 Å². The van der Waals surface area contributed by atoms with Crippen LogP contribution in [0, 0.1) is 10.1 Å². The van der Waals surface area contributed by atoms with Crippen LogP contribution >= 0.6 is 0 Å². The van der Waals surface area contributed by atoms with Gasteiger partial charge in [-0.25, -0.2) is 0 Å². The van der Waals surface area contributed by atoms with Crippen molar-refractivity contribution in [3.63, 3.8) is 0 Å². The molecule has 0 radical (unpaired) electrons. The van der Waals surface area contributed by atoms with Crippen LogP contribution in [0.3, 0.4) is 0 Å². The van der Waals surface area contributed by atoms with Crippen molar-refractivity contribution in [3.8, 4) is 5.75 Å². The quantitative estimate of drug-likeness (QED) is 0.650. The fraction of sp³-hybridized carbons (Fsp3) is 0.462. The molecular weight excluding hydrogens is 262 g/mol. The number of nitrogens with zero attached hydrogens (tertiary/aromatic N) is 2. The van der Waals surface area contributed by atoms with Gasteiger partial charge in [0, 0.05) is 31.7 Å². The molecule has 0 saturated carbocycles. The van der Waals surface area contributed by atoms with Crippen molar-refractivity contribution in [2.45, 2.75) is 13.0 Å². The maximum absolute atomic E-state index is 12.0. The van der Waals surface area contributed by atoms with E-state index >= 15 is 0 Å². The van der Waals surface area contributed by atoms with Gasteiger partial charge in [-0.2, -0.15) is 0 Å². The van der Waals surface area contributed by atoms with E-state index in [4.69, 9.17) is 4.74 Å². The number of carbonyl (C=O) groups is 1. The molecule has 1 saturated heterocycles. The van der Waals surface area contributed by atoms with E-state index in [0.29, 0.717) is 18.8 Å². The Kier molecular flexibility index (Phi) is 4.52. The predicted octanol–water partition coefficient (Wildman–Crippen LogP) is 0.794. The Hall–Kier alpha value is -2.15. The Balaban J connectivity index is 1.89. The number of carbonyl (C=O) groups excluding carboxylic acids is 1. The Morgan fingerprint density at radius 2 is 2.40 bits per heavy atom. The Morgan fingerprint density at radius 3 is 3.10 bits per heavy atom. The Bertz CT molecular complexity index is 506. The lowest BCUT2D eigenvalue weighted by Crippen LogP contribution is -2.52. The number of nitro groups is 1. The average molecular weight is 279 g/mol. The van der Waals surface area contributed by atoms with Crippen LogP contribution in [0.25, 0.3) is 0 Å². The van der Waals surface area contributed by atoms with E-state index in [1.807, 2.05) is 6.92 Å². The third-order valence-electron chi connectivity index (χ3n) is 3.11. The van der Waals surface area contributed by atoms with Crippen LogP contribution in [0.15, 0.2) is 24.3 Å². The van der Waals surface area contributed by atoms with Gasteiger partial charge in [-0.1, -0.05) is 6.07 Å². The second-order valence-corrected chi connectivity index (χ2v) is 4.74. The van der Waals surface area contributed by atoms with E-state index in [2.05, 4.69) is 5.32 Å². The Labute approximate surface area is 116 Å². The lowest BCUT2D eigenvalue weighted by Gasteiger charge is -2.31. The highest BCUT2D eigenvalue weighted by Crippen LogP contribution is 2.19. The van der Waals surface area contributed by atoms with E-state index < -0.39 is 4.92 Å². The van der Waals surface area contributed by atoms with Crippen LogP contribution in [0.1, 0.15) is 6.92 Å². The lowest BCUT2D eigenvalue weighted by atomic mass is 10.2. The number of hydrogen-bond acceptors (Lipinski definition) is 5. The normalized spacial score (nSPS) is 18.6. The summed E-state index contributed by atoms with van der Waals surface area (Å²) in [5, 5.41) is 13.9. The van der Waals surface area contributed by atoms with Gasteiger partial charge in [0.1, 0.15) is 5.75 Å². The van der Waals surface area contributed by atoms with E-state index in [1.165, 1.54) is 18.2 Å². The summed E-state index contributed by atoms with van der Waals surface area (Å²) in [4.78, 5) is 23.9. The molecule has 0 spiro atoms. The third kappa shape index (κ3) is 3.67. The van der Waals surface area contributed by atoms with Crippen molar-refractivity contribution in [2.75, 3.05) is 26.2 Å². The fourth-order valence-electron chi connectivity index (χ4n) is 2.08. The van der Waals surface area contributed by atoms with Gasteiger partial charge < -0.3 is 15.0 Å². The maximum Gasteiger partial charge on any atom is 0.273 e. The van der Waals surface area contributed by atoms with Gasteiger partial charge in [-0.3, -0.25) is 14.9 Å². The number of amides is 1. The van der Waals surface area contributed by atoms with Gasteiger partial charge in [0.25, 0.3) is 11.6 Å². The zero-order valence-corrected chi connectivity index (χ0v) is 11.2. The van der Waals surface area contributed by atoms with Gasteiger partial charge in [0.15, 0.2) is 6.61 Å². The zero-order valence-electron chi connectivity index (χ0n) is 11.2. The second kappa shape index (κ2) is 6.33. The molecule has 108 valence electrons. The summed E-state index contributed by atoms with van der Waals surface area (Å²) < 4.78 is 5.33. The van der Waals surface area contributed by atoms with Gasteiger partial charge in [-0.15, -0.1) is 0 Å². The first-order valence-electron chi connectivity index (χ1n) is 6.44. The summed E-state index contributed by atoms with van der Waals surface area (Å²) in [5.41, 5.74) is -0.0502. The number of hydrogen-bond donors (Lipinski definition) is 1. The number of ether oxygens (including phenoxy) is 1. The van der Waals surface area contributed by atoms with Crippen LogP contribution in [0.2, 0.25) is 0 Å². The van der Waals surface area contributed by atoms with E-state index in [0.717, 1.165) is 6.54 Å². The fourth-order valence-corrected chi connectivity index (χ4v) is 2.08. The van der Waals surface area contributed by atoms with Crippen LogP contribution < -0.4 is 10.1 Å². The minimum absolute atomic E-state index is 0.0502. The van der Waals surface area contributed by atoms with Crippen LogP contribution in [0.5, 0.6) is 5.75 Å². The molecule has 1 fully saturated rings. The van der Waals surface area contributed by atoms with Gasteiger partial charge >= 0.3 is 0 Å². The molecule has 20 heavy (non-hydrogen) atoms. The number of rotatable bonds is 4. The molecule has 1 N–H and O–H groups in total. The zero-order chi connectivity index (χ0) is 14.5. The molecule has 1 unspecified atom stereocenters. The highest BCUT2D eigenvalue weighted by Gasteiger charge is 2.20. The SMILES string of the molecule is CC1CN(C(=O)COc2cccc([N+](=O)[O-])c2)CCN1. The summed E-state index contributed by atoms with van der Waals surface area (Å²) in [6, 6.07) is 6.09. The van der Waals surface area contributed by atoms with Crippen LogP contribution in [-0.4, -0.2) is 48.0 Å². The van der Waals surface area contributed by atoms with Crippen molar-refractivity contribution in [1.82, 2.24) is 10.2 Å². The molecule has 7 nitrogen and oxygen atoms in total. The Morgan fingerprint density at radius 1 is 1.60 bits per heavy atom. The molecule has 0 aliphatic carbocycles. The summed E-state index contributed by atoms with van der Waals surface area (Å²) in [6.07, 6.45) is 0. The van der Waals surface area contributed by atoms with Crippen molar-refractivity contribution in [1.29, 1.82) is 0 Å². The average Bonchev–Trinajstić information content (AvgIpc) is 2.45. The molecule has 0 bridgehead atoms. The molecule has 1 heterocycles. The van der Waals surface area contributed by atoms with Crippen molar-refractivity contribution < 1.29 is 14.5 Å². The van der Waals surface area contributed by atoms with E-state index in [-0.39, 0.29) is 24.2 Å². The highest BCUT2D eigenvalue weighted by molar-refractivity contribution is 5.78. The van der Waals surface area contributed by atoms with Crippen LogP contribution in [0.4, 0.5) is 5.69 Å². The summed E-state index contributed by atoms with van der Waals surface area (Å²) in [5.74, 6) is 0.223. The van der Waals surface area contributed by atoms with Gasteiger partial charge in [-0.05, 0) is 13.0 Å². The molecule has 1 aliphatic heterocycles. The molecule has 1 atom stereocenters. The number of piperazine rings is 1. The first-order valence-corrected chi connectivity index (χ1v) is 6.44. The standard InChI is InChI=1S/C13H17N3O4/c1-10-8-15(6-5-14-10)13(17)9-20-12-4-2-3-11(7-12)16(18)19/h2-4,7,10,14H,5-6,8-9H2,1H3.